The van der Waals surface area contributed by atoms with Gasteiger partial charge in [-0.05, 0) is 52.3 Å². The highest BCUT2D eigenvalue weighted by Gasteiger charge is 2.20. The van der Waals surface area contributed by atoms with Gasteiger partial charge in [0.1, 0.15) is 13.1 Å². The Balaban J connectivity index is 2.42. The minimum Gasteiger partial charge on any atom is -0.465 e. The Morgan fingerprint density at radius 2 is 1.62 bits per heavy atom. The van der Waals surface area contributed by atoms with Crippen molar-refractivity contribution in [2.24, 2.45) is 0 Å². The van der Waals surface area contributed by atoms with Gasteiger partial charge in [0.15, 0.2) is 0 Å². The second-order valence-corrected chi connectivity index (χ2v) is 6.02. The van der Waals surface area contributed by atoms with Crippen LogP contribution < -0.4 is 4.90 Å². The van der Waals surface area contributed by atoms with E-state index in [0.717, 1.165) is 34.4 Å². The summed E-state index contributed by atoms with van der Waals surface area (Å²) in [7, 11) is 0. The van der Waals surface area contributed by atoms with Gasteiger partial charge < -0.3 is 14.4 Å². The molecule has 0 saturated carbocycles. The number of hydrogen-bond donors (Lipinski definition) is 0. The zero-order valence-corrected chi connectivity index (χ0v) is 16.2. The lowest BCUT2D eigenvalue weighted by atomic mass is 10.1. The van der Waals surface area contributed by atoms with Crippen LogP contribution in [0.3, 0.4) is 0 Å². The summed E-state index contributed by atoms with van der Waals surface area (Å²) in [6, 6.07) is 3.96. The minimum absolute atomic E-state index is 0.0214. The molecular formula is C19H27N3O4. The molecule has 0 aliphatic carbocycles. The van der Waals surface area contributed by atoms with Crippen LogP contribution in [0.4, 0.5) is 5.69 Å². The third-order valence-electron chi connectivity index (χ3n) is 4.21. The zero-order valence-electron chi connectivity index (χ0n) is 16.2. The number of hydrogen-bond acceptors (Lipinski definition) is 6. The molecule has 2 rings (SSSR count). The van der Waals surface area contributed by atoms with Crippen molar-refractivity contribution in [1.29, 1.82) is 0 Å². The molecular weight excluding hydrogens is 334 g/mol. The van der Waals surface area contributed by atoms with Crippen LogP contribution in [0.15, 0.2) is 12.1 Å². The Labute approximate surface area is 153 Å². The summed E-state index contributed by atoms with van der Waals surface area (Å²) in [6.45, 7) is 10.9. The van der Waals surface area contributed by atoms with Gasteiger partial charge in [-0.3, -0.25) is 14.3 Å². The standard InChI is InChI=1S/C19H27N3O4/c1-6-22-14(5)15-9-13(4)17(10-16(15)20-22)21(11-18(23)25-7-2)12-19(24)26-8-3/h9-10H,6-8,11-12H2,1-5H3. The van der Waals surface area contributed by atoms with Crippen molar-refractivity contribution in [2.45, 2.75) is 41.2 Å². The average Bonchev–Trinajstić information content (AvgIpc) is 2.89. The summed E-state index contributed by atoms with van der Waals surface area (Å²) in [5, 5.41) is 5.67. The molecule has 142 valence electrons. The van der Waals surface area contributed by atoms with E-state index >= 15 is 0 Å². The summed E-state index contributed by atoms with van der Waals surface area (Å²) in [6.07, 6.45) is 0. The zero-order chi connectivity index (χ0) is 19.3. The molecule has 0 unspecified atom stereocenters. The van der Waals surface area contributed by atoms with E-state index in [9.17, 15) is 9.59 Å². The molecule has 0 bridgehead atoms. The predicted octanol–water partition coefficient (Wildman–Crippen LogP) is 2.61. The molecule has 26 heavy (non-hydrogen) atoms. The van der Waals surface area contributed by atoms with Gasteiger partial charge in [-0.1, -0.05) is 0 Å². The number of benzene rings is 1. The van der Waals surface area contributed by atoms with E-state index < -0.39 is 0 Å². The fourth-order valence-corrected chi connectivity index (χ4v) is 3.00. The van der Waals surface area contributed by atoms with E-state index in [1.54, 1.807) is 18.7 Å². The number of aromatic nitrogens is 2. The number of aryl methyl sites for hydroxylation is 3. The van der Waals surface area contributed by atoms with Crippen molar-refractivity contribution in [3.05, 3.63) is 23.4 Å². The molecule has 0 fully saturated rings. The SMILES string of the molecule is CCOC(=O)CN(CC(=O)OCC)c1cc2nn(CC)c(C)c2cc1C. The number of carbonyl (C=O) groups is 2. The topological polar surface area (TPSA) is 73.7 Å². The van der Waals surface area contributed by atoms with Crippen LogP contribution in [0, 0.1) is 13.8 Å². The van der Waals surface area contributed by atoms with E-state index in [0.29, 0.717) is 13.2 Å². The second kappa shape index (κ2) is 8.69. The Kier molecular flexibility index (Phi) is 6.60. The molecule has 7 nitrogen and oxygen atoms in total. The normalized spacial score (nSPS) is 10.8. The number of nitrogens with zero attached hydrogens (tertiary/aromatic N) is 3. The highest BCUT2D eigenvalue weighted by Crippen LogP contribution is 2.28. The maximum atomic E-state index is 12.0. The van der Waals surface area contributed by atoms with Crippen LogP contribution in [0.5, 0.6) is 0 Å². The van der Waals surface area contributed by atoms with Crippen LogP contribution in [-0.2, 0) is 25.6 Å². The van der Waals surface area contributed by atoms with Crippen LogP contribution in [0.2, 0.25) is 0 Å². The first-order chi connectivity index (χ1) is 12.4. The van der Waals surface area contributed by atoms with E-state index in [2.05, 4.69) is 5.10 Å². The van der Waals surface area contributed by atoms with Gasteiger partial charge in [0.25, 0.3) is 0 Å². The average molecular weight is 361 g/mol. The third kappa shape index (κ3) is 4.33. The molecule has 0 spiro atoms. The number of carbonyl (C=O) groups excluding carboxylic acids is 2. The summed E-state index contributed by atoms with van der Waals surface area (Å²) in [4.78, 5) is 25.7. The monoisotopic (exact) mass is 361 g/mol. The molecule has 0 aliphatic rings. The Morgan fingerprint density at radius 3 is 2.12 bits per heavy atom. The van der Waals surface area contributed by atoms with Crippen molar-refractivity contribution in [2.75, 3.05) is 31.2 Å². The number of fused-ring (bicyclic) bond motifs is 1. The van der Waals surface area contributed by atoms with Crippen molar-refractivity contribution in [3.63, 3.8) is 0 Å². The third-order valence-corrected chi connectivity index (χ3v) is 4.21. The molecule has 1 aromatic carbocycles. The fraction of sp³-hybridized carbons (Fsp3) is 0.526. The minimum atomic E-state index is -0.383. The van der Waals surface area contributed by atoms with E-state index in [-0.39, 0.29) is 25.0 Å². The number of esters is 2. The van der Waals surface area contributed by atoms with Crippen molar-refractivity contribution in [1.82, 2.24) is 9.78 Å². The Hall–Kier alpha value is -2.57. The maximum absolute atomic E-state index is 12.0. The number of rotatable bonds is 8. The molecule has 0 saturated heterocycles. The number of anilines is 1. The van der Waals surface area contributed by atoms with Crippen LogP contribution in [-0.4, -0.2) is 48.0 Å². The first kappa shape index (κ1) is 19.8. The molecule has 7 heteroatoms. The molecule has 2 aromatic rings. The summed E-state index contributed by atoms with van der Waals surface area (Å²) in [5.74, 6) is -0.766. The molecule has 0 N–H and O–H groups in total. The summed E-state index contributed by atoms with van der Waals surface area (Å²) >= 11 is 0. The first-order valence-electron chi connectivity index (χ1n) is 8.95. The lowest BCUT2D eigenvalue weighted by Gasteiger charge is -2.24. The summed E-state index contributed by atoms with van der Waals surface area (Å²) in [5.41, 5.74) is 3.67. The second-order valence-electron chi connectivity index (χ2n) is 6.02. The molecule has 0 radical (unpaired) electrons. The Morgan fingerprint density at radius 1 is 1.04 bits per heavy atom. The van der Waals surface area contributed by atoms with E-state index in [1.165, 1.54) is 0 Å². The van der Waals surface area contributed by atoms with Crippen LogP contribution >= 0.6 is 0 Å². The van der Waals surface area contributed by atoms with Gasteiger partial charge in [-0.15, -0.1) is 0 Å². The van der Waals surface area contributed by atoms with Gasteiger partial charge in [-0.25, -0.2) is 0 Å². The first-order valence-corrected chi connectivity index (χ1v) is 8.95. The highest BCUT2D eigenvalue weighted by atomic mass is 16.5. The quantitative estimate of drug-likeness (QED) is 0.673. The highest BCUT2D eigenvalue weighted by molar-refractivity contribution is 5.89. The largest absolute Gasteiger partial charge is 0.465 e. The van der Waals surface area contributed by atoms with E-state index in [1.807, 2.05) is 37.6 Å². The maximum Gasteiger partial charge on any atom is 0.325 e. The molecule has 1 heterocycles. The van der Waals surface area contributed by atoms with Gasteiger partial charge in [-0.2, -0.15) is 5.10 Å². The number of ether oxygens (including phenoxy) is 2. The van der Waals surface area contributed by atoms with Gasteiger partial charge in [0.05, 0.1) is 18.7 Å². The lowest BCUT2D eigenvalue weighted by molar-refractivity contribution is -0.142. The predicted molar refractivity (Wildman–Crippen MR) is 100 cm³/mol. The van der Waals surface area contributed by atoms with Gasteiger partial charge in [0, 0.05) is 23.3 Å². The molecule has 0 atom stereocenters. The van der Waals surface area contributed by atoms with Gasteiger partial charge >= 0.3 is 11.9 Å². The molecule has 0 amide bonds. The Bertz CT molecular complexity index is 778. The van der Waals surface area contributed by atoms with Gasteiger partial charge in [0.2, 0.25) is 0 Å². The van der Waals surface area contributed by atoms with Crippen molar-refractivity contribution >= 4 is 28.5 Å². The van der Waals surface area contributed by atoms with Crippen LogP contribution in [0.25, 0.3) is 10.9 Å². The molecule has 0 aliphatic heterocycles. The summed E-state index contributed by atoms with van der Waals surface area (Å²) < 4.78 is 12.0. The fourth-order valence-electron chi connectivity index (χ4n) is 3.00. The smallest absolute Gasteiger partial charge is 0.325 e. The van der Waals surface area contributed by atoms with Crippen molar-refractivity contribution in [3.8, 4) is 0 Å². The van der Waals surface area contributed by atoms with Crippen molar-refractivity contribution < 1.29 is 19.1 Å². The molecule has 1 aromatic heterocycles. The van der Waals surface area contributed by atoms with Crippen LogP contribution in [0.1, 0.15) is 32.0 Å². The van der Waals surface area contributed by atoms with E-state index in [4.69, 9.17) is 9.47 Å². The lowest BCUT2D eigenvalue weighted by Crippen LogP contribution is -2.36.